The van der Waals surface area contributed by atoms with Crippen molar-refractivity contribution >= 4 is 26.4 Å². The Labute approximate surface area is 190 Å². The van der Waals surface area contributed by atoms with Crippen molar-refractivity contribution in [1.82, 2.24) is 0 Å². The van der Waals surface area contributed by atoms with E-state index in [0.29, 0.717) is 0 Å². The molecule has 2 atom stereocenters. The van der Waals surface area contributed by atoms with Crippen molar-refractivity contribution in [3.63, 3.8) is 0 Å². The Balaban J connectivity index is 1.82. The molecule has 0 aliphatic heterocycles. The van der Waals surface area contributed by atoms with Gasteiger partial charge in [0.2, 0.25) is 0 Å². The van der Waals surface area contributed by atoms with Crippen molar-refractivity contribution < 1.29 is 6.15 Å². The second-order valence-corrected chi connectivity index (χ2v) is 15.9. The molecule has 0 radical (unpaired) electrons. The van der Waals surface area contributed by atoms with Crippen LogP contribution in [0, 0.1) is 0 Å². The van der Waals surface area contributed by atoms with Gasteiger partial charge in [-0.3, -0.25) is 0 Å². The minimum atomic E-state index is -4.05. The van der Waals surface area contributed by atoms with Crippen LogP contribution in [0.15, 0.2) is 121 Å². The Kier molecular flexibility index (Phi) is 7.23. The molecule has 0 saturated heterocycles. The summed E-state index contributed by atoms with van der Waals surface area (Å²) in [6, 6.07) is 41.9. The fourth-order valence-corrected chi connectivity index (χ4v) is 13.7. The summed E-state index contributed by atoms with van der Waals surface area (Å²) >= 11 is -4.05. The Morgan fingerprint density at radius 2 is 0.742 bits per heavy atom. The topological polar surface area (TPSA) is 18.5 Å². The second kappa shape index (κ2) is 10.3. The molecule has 0 fully saturated rings. The van der Waals surface area contributed by atoms with E-state index >= 15 is 0 Å². The van der Waals surface area contributed by atoms with Gasteiger partial charge < -0.3 is 0 Å². The van der Waals surface area contributed by atoms with Crippen molar-refractivity contribution in [2.75, 3.05) is 0 Å². The van der Waals surface area contributed by atoms with Crippen LogP contribution in [-0.4, -0.2) is 19.2 Å². The summed E-state index contributed by atoms with van der Waals surface area (Å²) in [4.78, 5) is 0. The molecule has 0 aromatic heterocycles. The van der Waals surface area contributed by atoms with Crippen LogP contribution in [0.1, 0.15) is 37.2 Å². The van der Waals surface area contributed by atoms with E-state index in [2.05, 4.69) is 111 Å². The van der Waals surface area contributed by atoms with Gasteiger partial charge in [0, 0.05) is 0 Å². The van der Waals surface area contributed by atoms with Crippen molar-refractivity contribution in [2.45, 2.75) is 26.1 Å². The molecule has 0 N–H and O–H groups in total. The van der Waals surface area contributed by atoms with Gasteiger partial charge in [-0.2, -0.15) is 0 Å². The zero-order valence-electron chi connectivity index (χ0n) is 18.0. The van der Waals surface area contributed by atoms with Crippen molar-refractivity contribution in [3.8, 4) is 0 Å². The standard InChI is InChI=1S/2C8H9O.2C6H5.Sn/c2*1-7(9)8-5-3-2-4-6-8;2*1-2-4-6-5-3-1;/h2*2-7H,1H3;2*1-5H;/q2*-1;;;+2. The quantitative estimate of drug-likeness (QED) is 0.277. The predicted octanol–water partition coefficient (Wildman–Crippen LogP) is 5.80. The molecular formula is C28H28O2Sn. The van der Waals surface area contributed by atoms with E-state index in [1.165, 1.54) is 7.16 Å². The molecule has 4 aromatic rings. The molecule has 4 rings (SSSR count). The fraction of sp³-hybridized carbons (Fsp3) is 0.143. The first-order valence-electron chi connectivity index (χ1n) is 10.8. The van der Waals surface area contributed by atoms with Crippen LogP contribution in [0.2, 0.25) is 0 Å². The summed E-state index contributed by atoms with van der Waals surface area (Å²) in [7, 11) is 0. The Morgan fingerprint density at radius 3 is 1.06 bits per heavy atom. The van der Waals surface area contributed by atoms with Gasteiger partial charge in [0.25, 0.3) is 0 Å². The molecular weight excluding hydrogens is 487 g/mol. The average molecular weight is 515 g/mol. The van der Waals surface area contributed by atoms with Crippen LogP contribution in [0.25, 0.3) is 0 Å². The molecule has 4 aromatic carbocycles. The second-order valence-electron chi connectivity index (χ2n) is 7.69. The normalized spacial score (nSPS) is 13.5. The van der Waals surface area contributed by atoms with Gasteiger partial charge in [0.1, 0.15) is 0 Å². The van der Waals surface area contributed by atoms with E-state index in [4.69, 9.17) is 6.15 Å². The number of hydrogen-bond acceptors (Lipinski definition) is 2. The first-order chi connectivity index (χ1) is 15.2. The van der Waals surface area contributed by atoms with Crippen LogP contribution in [0.5, 0.6) is 0 Å². The van der Waals surface area contributed by atoms with E-state index in [0.717, 1.165) is 11.1 Å². The third-order valence-corrected chi connectivity index (χ3v) is 15.7. The minimum absolute atomic E-state index is 0.0830. The van der Waals surface area contributed by atoms with Gasteiger partial charge in [0.05, 0.1) is 0 Å². The number of hydrogen-bond donors (Lipinski definition) is 0. The third kappa shape index (κ3) is 5.09. The van der Waals surface area contributed by atoms with Crippen LogP contribution < -0.4 is 7.16 Å². The SMILES string of the molecule is CC([O][Sn]([O]C(C)c1ccccc1)([c]1ccccc1)[c]1ccccc1)c1ccccc1. The van der Waals surface area contributed by atoms with E-state index in [9.17, 15) is 0 Å². The Morgan fingerprint density at radius 1 is 0.452 bits per heavy atom. The van der Waals surface area contributed by atoms with Crippen molar-refractivity contribution in [1.29, 1.82) is 0 Å². The van der Waals surface area contributed by atoms with E-state index < -0.39 is 19.2 Å². The third-order valence-electron chi connectivity index (χ3n) is 5.53. The van der Waals surface area contributed by atoms with Gasteiger partial charge in [-0.25, -0.2) is 0 Å². The first kappa shape index (κ1) is 21.8. The monoisotopic (exact) mass is 516 g/mol. The molecule has 31 heavy (non-hydrogen) atoms. The predicted molar refractivity (Wildman–Crippen MR) is 130 cm³/mol. The molecule has 2 nitrogen and oxygen atoms in total. The van der Waals surface area contributed by atoms with Crippen LogP contribution in [-0.2, 0) is 6.15 Å². The summed E-state index contributed by atoms with van der Waals surface area (Å²) in [5.74, 6) is 0. The van der Waals surface area contributed by atoms with Crippen molar-refractivity contribution in [3.05, 3.63) is 132 Å². The molecule has 0 aliphatic rings. The van der Waals surface area contributed by atoms with Crippen molar-refractivity contribution in [2.24, 2.45) is 0 Å². The molecule has 0 saturated carbocycles. The first-order valence-corrected chi connectivity index (χ1v) is 15.9. The Hall–Kier alpha value is -2.40. The molecule has 0 aliphatic carbocycles. The molecule has 0 amide bonds. The molecule has 156 valence electrons. The number of benzene rings is 4. The summed E-state index contributed by atoms with van der Waals surface area (Å²) in [6.45, 7) is 4.26. The van der Waals surface area contributed by atoms with E-state index in [-0.39, 0.29) is 12.2 Å². The van der Waals surface area contributed by atoms with Gasteiger partial charge in [-0.15, -0.1) is 0 Å². The molecule has 0 spiro atoms. The van der Waals surface area contributed by atoms with E-state index in [1.54, 1.807) is 0 Å². The molecule has 2 unspecified atom stereocenters. The van der Waals surface area contributed by atoms with Gasteiger partial charge in [-0.05, 0) is 0 Å². The maximum absolute atomic E-state index is 7.08. The zero-order valence-corrected chi connectivity index (χ0v) is 20.9. The summed E-state index contributed by atoms with van der Waals surface area (Å²) in [5.41, 5.74) is 2.32. The summed E-state index contributed by atoms with van der Waals surface area (Å²) in [5, 5.41) is 0. The summed E-state index contributed by atoms with van der Waals surface area (Å²) < 4.78 is 16.5. The van der Waals surface area contributed by atoms with Gasteiger partial charge in [0.15, 0.2) is 0 Å². The Bertz CT molecular complexity index is 964. The maximum atomic E-state index is 7.08. The van der Waals surface area contributed by atoms with Gasteiger partial charge in [-0.1, -0.05) is 0 Å². The molecule has 0 bridgehead atoms. The average Bonchev–Trinajstić information content (AvgIpc) is 2.85. The van der Waals surface area contributed by atoms with Crippen LogP contribution in [0.4, 0.5) is 0 Å². The van der Waals surface area contributed by atoms with Crippen LogP contribution in [0.3, 0.4) is 0 Å². The molecule has 3 heteroatoms. The van der Waals surface area contributed by atoms with Gasteiger partial charge >= 0.3 is 191 Å². The zero-order chi connectivity index (χ0) is 21.5. The fourth-order valence-electron chi connectivity index (χ4n) is 3.86. The molecule has 0 heterocycles. The summed E-state index contributed by atoms with van der Waals surface area (Å²) in [6.07, 6.45) is -0.166. The van der Waals surface area contributed by atoms with E-state index in [1.807, 2.05) is 24.3 Å². The van der Waals surface area contributed by atoms with Crippen LogP contribution >= 0.6 is 0 Å². The number of rotatable bonds is 8.